The van der Waals surface area contributed by atoms with Gasteiger partial charge in [-0.25, -0.2) is 4.98 Å². The van der Waals surface area contributed by atoms with Crippen LogP contribution in [0.5, 0.6) is 0 Å². The maximum absolute atomic E-state index is 4.51. The number of aromatic nitrogens is 2. The number of nitrogens with one attached hydrogen (secondary N) is 1. The van der Waals surface area contributed by atoms with Gasteiger partial charge in [0.2, 0.25) is 0 Å². The zero-order valence-electron chi connectivity index (χ0n) is 12.6. The highest BCUT2D eigenvalue weighted by molar-refractivity contribution is 5.34. The summed E-state index contributed by atoms with van der Waals surface area (Å²) in [6.07, 6.45) is 5.13. The molecule has 1 aromatic heterocycles. The third kappa shape index (κ3) is 4.46. The Kier molecular flexibility index (Phi) is 4.75. The van der Waals surface area contributed by atoms with E-state index < -0.39 is 0 Å². The summed E-state index contributed by atoms with van der Waals surface area (Å²) in [6, 6.07) is 0. The molecular weight excluding hydrogens is 236 g/mol. The van der Waals surface area contributed by atoms with Crippen LogP contribution in [0, 0.1) is 17.8 Å². The molecule has 0 spiro atoms. The molecule has 2 rings (SSSR count). The van der Waals surface area contributed by atoms with Crippen LogP contribution in [0.2, 0.25) is 0 Å². The summed E-state index contributed by atoms with van der Waals surface area (Å²) in [5, 5.41) is 3.38. The van der Waals surface area contributed by atoms with E-state index in [9.17, 15) is 0 Å². The number of hydrogen-bond donors (Lipinski definition) is 1. The van der Waals surface area contributed by atoms with E-state index in [1.165, 1.54) is 6.42 Å². The van der Waals surface area contributed by atoms with Gasteiger partial charge in [0, 0.05) is 20.1 Å². The van der Waals surface area contributed by atoms with Gasteiger partial charge in [-0.2, -0.15) is 0 Å². The van der Waals surface area contributed by atoms with Crippen molar-refractivity contribution in [2.45, 2.75) is 33.7 Å². The van der Waals surface area contributed by atoms with Crippen LogP contribution in [0.15, 0.2) is 12.4 Å². The molecule has 0 bridgehead atoms. The number of anilines is 1. The second-order valence-corrected chi connectivity index (χ2v) is 6.24. The van der Waals surface area contributed by atoms with E-state index in [4.69, 9.17) is 0 Å². The van der Waals surface area contributed by atoms with Crippen LogP contribution in [-0.4, -0.2) is 30.1 Å². The lowest BCUT2D eigenvalue weighted by Crippen LogP contribution is -2.23. The molecule has 0 aromatic carbocycles. The quantitative estimate of drug-likeness (QED) is 0.819. The van der Waals surface area contributed by atoms with Crippen LogP contribution in [-0.2, 0) is 6.54 Å². The van der Waals surface area contributed by atoms with E-state index in [0.717, 1.165) is 43.0 Å². The summed E-state index contributed by atoms with van der Waals surface area (Å²) in [5.74, 6) is 3.37. The SMILES string of the molecule is CC(C)CNCc1cnc(N(C)CC2CC2C)cn1. The molecule has 0 aliphatic heterocycles. The predicted octanol–water partition coefficient (Wildman–Crippen LogP) is 2.31. The Balaban J connectivity index is 1.80. The summed E-state index contributed by atoms with van der Waals surface area (Å²) >= 11 is 0. The lowest BCUT2D eigenvalue weighted by molar-refractivity contribution is 0.547. The first-order chi connectivity index (χ1) is 9.06. The predicted molar refractivity (Wildman–Crippen MR) is 79.1 cm³/mol. The molecule has 0 radical (unpaired) electrons. The maximum atomic E-state index is 4.51. The topological polar surface area (TPSA) is 41.1 Å². The molecule has 2 unspecified atom stereocenters. The van der Waals surface area contributed by atoms with Crippen molar-refractivity contribution in [3.8, 4) is 0 Å². The smallest absolute Gasteiger partial charge is 0.146 e. The normalized spacial score (nSPS) is 21.7. The molecule has 1 saturated carbocycles. The van der Waals surface area contributed by atoms with E-state index in [1.807, 2.05) is 12.4 Å². The van der Waals surface area contributed by atoms with Crippen molar-refractivity contribution in [1.82, 2.24) is 15.3 Å². The van der Waals surface area contributed by atoms with Gasteiger partial charge < -0.3 is 10.2 Å². The third-order valence-electron chi connectivity index (χ3n) is 3.73. The Morgan fingerprint density at radius 1 is 1.37 bits per heavy atom. The Labute approximate surface area is 116 Å². The van der Waals surface area contributed by atoms with E-state index >= 15 is 0 Å². The summed E-state index contributed by atoms with van der Waals surface area (Å²) in [7, 11) is 2.10. The van der Waals surface area contributed by atoms with E-state index in [1.54, 1.807) is 0 Å². The molecule has 19 heavy (non-hydrogen) atoms. The Morgan fingerprint density at radius 3 is 2.63 bits per heavy atom. The Bertz CT molecular complexity index is 388. The van der Waals surface area contributed by atoms with Gasteiger partial charge in [-0.3, -0.25) is 4.98 Å². The average Bonchev–Trinajstić information content (AvgIpc) is 3.05. The molecule has 1 aliphatic rings. The fraction of sp³-hybridized carbons (Fsp3) is 0.733. The van der Waals surface area contributed by atoms with E-state index in [-0.39, 0.29) is 0 Å². The standard InChI is InChI=1S/C15H26N4/c1-11(2)6-16-7-14-8-18-15(9-17-14)19(4)10-13-5-12(13)3/h8-9,11-13,16H,5-7,10H2,1-4H3. The van der Waals surface area contributed by atoms with Gasteiger partial charge in [0.15, 0.2) is 0 Å². The first kappa shape index (κ1) is 14.3. The third-order valence-corrected chi connectivity index (χ3v) is 3.73. The van der Waals surface area contributed by atoms with Crippen LogP contribution in [0.1, 0.15) is 32.9 Å². The van der Waals surface area contributed by atoms with Crippen LogP contribution in [0.25, 0.3) is 0 Å². The molecule has 1 heterocycles. The average molecular weight is 262 g/mol. The Hall–Kier alpha value is -1.16. The number of hydrogen-bond acceptors (Lipinski definition) is 4. The highest BCUT2D eigenvalue weighted by Gasteiger charge is 2.33. The van der Waals surface area contributed by atoms with Crippen LogP contribution >= 0.6 is 0 Å². The van der Waals surface area contributed by atoms with Crippen molar-refractivity contribution in [2.75, 3.05) is 25.0 Å². The highest BCUT2D eigenvalue weighted by atomic mass is 15.2. The molecular formula is C15H26N4. The van der Waals surface area contributed by atoms with Crippen molar-refractivity contribution in [1.29, 1.82) is 0 Å². The maximum Gasteiger partial charge on any atom is 0.146 e. The Morgan fingerprint density at radius 2 is 2.11 bits per heavy atom. The summed E-state index contributed by atoms with van der Waals surface area (Å²) < 4.78 is 0. The monoisotopic (exact) mass is 262 g/mol. The second-order valence-electron chi connectivity index (χ2n) is 6.24. The van der Waals surface area contributed by atoms with Crippen LogP contribution in [0.3, 0.4) is 0 Å². The molecule has 2 atom stereocenters. The first-order valence-electron chi connectivity index (χ1n) is 7.29. The molecule has 4 nitrogen and oxygen atoms in total. The summed E-state index contributed by atoms with van der Waals surface area (Å²) in [4.78, 5) is 11.2. The lowest BCUT2D eigenvalue weighted by Gasteiger charge is -2.17. The number of nitrogens with zero attached hydrogens (tertiary/aromatic N) is 3. The zero-order chi connectivity index (χ0) is 13.8. The van der Waals surface area contributed by atoms with Crippen molar-refractivity contribution in [3.05, 3.63) is 18.1 Å². The minimum atomic E-state index is 0.666. The molecule has 4 heteroatoms. The molecule has 1 aliphatic carbocycles. The molecule has 0 saturated heterocycles. The van der Waals surface area contributed by atoms with Gasteiger partial charge in [0.25, 0.3) is 0 Å². The van der Waals surface area contributed by atoms with Crippen molar-refractivity contribution in [3.63, 3.8) is 0 Å². The van der Waals surface area contributed by atoms with Crippen LogP contribution < -0.4 is 10.2 Å². The van der Waals surface area contributed by atoms with Gasteiger partial charge in [0.1, 0.15) is 5.82 Å². The molecule has 1 fully saturated rings. The van der Waals surface area contributed by atoms with E-state index in [2.05, 4.69) is 48.0 Å². The first-order valence-corrected chi connectivity index (χ1v) is 7.29. The minimum Gasteiger partial charge on any atom is -0.358 e. The van der Waals surface area contributed by atoms with Gasteiger partial charge >= 0.3 is 0 Å². The molecule has 0 amide bonds. The van der Waals surface area contributed by atoms with Crippen molar-refractivity contribution >= 4 is 5.82 Å². The number of rotatable bonds is 7. The summed E-state index contributed by atoms with van der Waals surface area (Å²) in [6.45, 7) is 9.64. The van der Waals surface area contributed by atoms with Gasteiger partial charge in [-0.1, -0.05) is 20.8 Å². The zero-order valence-corrected chi connectivity index (χ0v) is 12.6. The van der Waals surface area contributed by atoms with Gasteiger partial charge in [-0.15, -0.1) is 0 Å². The van der Waals surface area contributed by atoms with Crippen LogP contribution in [0.4, 0.5) is 5.82 Å². The highest BCUT2D eigenvalue weighted by Crippen LogP contribution is 2.38. The lowest BCUT2D eigenvalue weighted by atomic mass is 10.2. The van der Waals surface area contributed by atoms with Crippen molar-refractivity contribution in [2.24, 2.45) is 17.8 Å². The van der Waals surface area contributed by atoms with E-state index in [0.29, 0.717) is 5.92 Å². The van der Waals surface area contributed by atoms with Gasteiger partial charge in [0.05, 0.1) is 18.1 Å². The minimum absolute atomic E-state index is 0.666. The fourth-order valence-corrected chi connectivity index (χ4v) is 2.22. The molecule has 106 valence electrons. The molecule has 1 N–H and O–H groups in total. The summed E-state index contributed by atoms with van der Waals surface area (Å²) in [5.41, 5.74) is 1.01. The largest absolute Gasteiger partial charge is 0.358 e. The fourth-order valence-electron chi connectivity index (χ4n) is 2.22. The molecule has 1 aromatic rings. The van der Waals surface area contributed by atoms with Gasteiger partial charge in [-0.05, 0) is 30.7 Å². The second kappa shape index (κ2) is 6.33. The van der Waals surface area contributed by atoms with Crippen molar-refractivity contribution < 1.29 is 0 Å².